The minimum absolute atomic E-state index is 0.208. The van der Waals surface area contributed by atoms with Crippen LogP contribution in [-0.4, -0.2) is 55.4 Å². The van der Waals surface area contributed by atoms with Gasteiger partial charge in [-0.3, -0.25) is 0 Å². The summed E-state index contributed by atoms with van der Waals surface area (Å²) in [7, 11) is 0. The number of carboxylic acid groups (broad SMARTS) is 1. The van der Waals surface area contributed by atoms with Crippen molar-refractivity contribution >= 4 is 35.3 Å². The van der Waals surface area contributed by atoms with Gasteiger partial charge in [0.25, 0.3) is 4.92 Å². The van der Waals surface area contributed by atoms with Crippen molar-refractivity contribution in [3.8, 4) is 17.2 Å². The molecule has 4 aromatic carbocycles. The number of carbonyl (C=O) groups excluding carboxylic acids is 3. The number of benzene rings is 4. The number of aromatic hydroxyl groups is 3. The van der Waals surface area contributed by atoms with Gasteiger partial charge < -0.3 is 40.4 Å². The molecule has 1 unspecified atom stereocenters. The summed E-state index contributed by atoms with van der Waals surface area (Å²) in [5, 5.41) is 38.2. The maximum absolute atomic E-state index is 13.2. The molecule has 0 fully saturated rings. The lowest BCUT2D eigenvalue weighted by Crippen LogP contribution is -2.48. The number of carbonyl (C=O) groups is 4. The summed E-state index contributed by atoms with van der Waals surface area (Å²) in [6.45, 7) is 0. The summed E-state index contributed by atoms with van der Waals surface area (Å²) in [4.78, 5) is 68.6. The lowest BCUT2D eigenvalue weighted by Gasteiger charge is -2.24. The molecule has 6 N–H and O–H groups in total. The van der Waals surface area contributed by atoms with E-state index < -0.39 is 52.8 Å². The van der Waals surface area contributed by atoms with Gasteiger partial charge >= 0.3 is 35.7 Å². The zero-order valence-electron chi connectivity index (χ0n) is 22.1. The molecule has 0 bridgehead atoms. The predicted octanol–water partition coefficient (Wildman–Crippen LogP) is 3.61. The van der Waals surface area contributed by atoms with E-state index in [2.05, 4.69) is 0 Å². The molecule has 0 aliphatic heterocycles. The molecule has 0 heterocycles. The second kappa shape index (κ2) is 12.5. The first-order valence-electron chi connectivity index (χ1n) is 12.2. The number of hydrogen-bond acceptors (Lipinski definition) is 13. The molecule has 0 aliphatic carbocycles. The molecule has 15 heteroatoms. The third-order valence-electron chi connectivity index (χ3n) is 5.63. The van der Waals surface area contributed by atoms with Crippen LogP contribution in [0.3, 0.4) is 0 Å². The fourth-order valence-corrected chi connectivity index (χ4v) is 3.38. The van der Waals surface area contributed by atoms with Crippen LogP contribution in [0.15, 0.2) is 91.0 Å². The number of anilines is 1. The largest absolute Gasteiger partial charge is 0.674 e. The average Bonchev–Trinajstić information content (AvgIpc) is 2.99. The van der Waals surface area contributed by atoms with E-state index >= 15 is 0 Å². The number of aromatic carboxylic acids is 1. The van der Waals surface area contributed by atoms with Crippen LogP contribution in [0.4, 0.5) is 11.4 Å². The van der Waals surface area contributed by atoms with E-state index in [0.717, 1.165) is 66.7 Å². The zero-order valence-corrected chi connectivity index (χ0v) is 22.1. The summed E-state index contributed by atoms with van der Waals surface area (Å²) in [5.41, 5.74) is 4.27. The van der Waals surface area contributed by atoms with Gasteiger partial charge in [-0.15, -0.1) is 0 Å². The van der Waals surface area contributed by atoms with E-state index in [1.807, 2.05) is 0 Å². The van der Waals surface area contributed by atoms with Gasteiger partial charge in [0.15, 0.2) is 11.5 Å². The maximum atomic E-state index is 13.2. The Balaban J connectivity index is 1.79. The molecule has 0 saturated carbocycles. The molecule has 0 saturated heterocycles. The van der Waals surface area contributed by atoms with Gasteiger partial charge in [0.1, 0.15) is 5.75 Å². The Morgan fingerprint density at radius 3 is 1.57 bits per heavy atom. The van der Waals surface area contributed by atoms with Gasteiger partial charge in [0, 0.05) is 17.8 Å². The number of phenols is 3. The SMILES string of the molecule is Nc1ccc(C(=O)OC(OC(=O)c2ccc(O)cc2)(OC(=O)c2ccc(O)c(O)c2)O[N+](=O)c2ccc(C(=O)O)cc2)cc1. The molecule has 0 aliphatic rings. The van der Waals surface area contributed by atoms with Crippen molar-refractivity contribution in [3.05, 3.63) is 118 Å². The lowest BCUT2D eigenvalue weighted by molar-refractivity contribution is -0.819. The van der Waals surface area contributed by atoms with Crippen LogP contribution in [-0.2, 0) is 19.0 Å². The Labute approximate surface area is 246 Å². The number of nitrogens with zero attached hydrogens (tertiary/aromatic N) is 1. The Kier molecular flexibility index (Phi) is 8.60. The van der Waals surface area contributed by atoms with E-state index in [1.165, 1.54) is 24.3 Å². The summed E-state index contributed by atoms with van der Waals surface area (Å²) in [6.07, 6.45) is -3.62. The fraction of sp³-hybridized carbons (Fsp3) is 0.0345. The molecule has 44 heavy (non-hydrogen) atoms. The molecule has 1 atom stereocenters. The normalized spacial score (nSPS) is 11.8. The number of hydrogen-bond donors (Lipinski definition) is 5. The number of nitrogen functional groups attached to an aromatic ring is 1. The number of rotatable bonds is 10. The van der Waals surface area contributed by atoms with Gasteiger partial charge in [-0.2, -0.15) is 0 Å². The molecule has 4 rings (SSSR count). The highest BCUT2D eigenvalue weighted by Gasteiger charge is 2.56. The smallest absolute Gasteiger partial charge is 0.508 e. The topological polar surface area (TPSA) is 232 Å². The van der Waals surface area contributed by atoms with Crippen molar-refractivity contribution < 1.29 is 63.6 Å². The molecular weight excluding hydrogens is 584 g/mol. The van der Waals surface area contributed by atoms with Crippen molar-refractivity contribution in [2.75, 3.05) is 5.73 Å². The van der Waals surface area contributed by atoms with Gasteiger partial charge in [-0.05, 0) is 78.9 Å². The van der Waals surface area contributed by atoms with Gasteiger partial charge in [-0.25, -0.2) is 19.2 Å². The van der Waals surface area contributed by atoms with Gasteiger partial charge in [0.2, 0.25) is 0 Å². The zero-order chi connectivity index (χ0) is 32.0. The second-order valence-electron chi connectivity index (χ2n) is 8.74. The van der Waals surface area contributed by atoms with E-state index in [9.17, 15) is 39.4 Å². The number of nitrogens with two attached hydrogens (primary N) is 1. The highest BCUT2D eigenvalue weighted by atomic mass is 17.1. The Morgan fingerprint density at radius 1 is 0.614 bits per heavy atom. The third-order valence-corrected chi connectivity index (χ3v) is 5.63. The van der Waals surface area contributed by atoms with Crippen LogP contribution < -0.4 is 5.73 Å². The van der Waals surface area contributed by atoms with Gasteiger partial charge in [0.05, 0.1) is 27.2 Å². The lowest BCUT2D eigenvalue weighted by atomic mass is 10.2. The first-order chi connectivity index (χ1) is 20.9. The minimum atomic E-state index is -3.62. The van der Waals surface area contributed by atoms with E-state index in [-0.39, 0.29) is 33.1 Å². The average molecular weight is 605 g/mol. The minimum Gasteiger partial charge on any atom is -0.508 e. The van der Waals surface area contributed by atoms with Crippen molar-refractivity contribution in [2.24, 2.45) is 0 Å². The first-order valence-corrected chi connectivity index (χ1v) is 12.2. The molecule has 0 amide bonds. The summed E-state index contributed by atoms with van der Waals surface area (Å²) < 4.78 is 15.5. The highest BCUT2D eigenvalue weighted by Crippen LogP contribution is 2.30. The van der Waals surface area contributed by atoms with Gasteiger partial charge in [-0.1, -0.05) is 4.84 Å². The molecule has 4 aromatic rings. The van der Waals surface area contributed by atoms with E-state index in [1.54, 1.807) is 0 Å². The fourth-order valence-electron chi connectivity index (χ4n) is 3.38. The monoisotopic (exact) mass is 605 g/mol. The Morgan fingerprint density at radius 2 is 1.07 bits per heavy atom. The Hall–Kier alpha value is -6.64. The highest BCUT2D eigenvalue weighted by molar-refractivity contribution is 5.93. The van der Waals surface area contributed by atoms with Crippen LogP contribution in [0.5, 0.6) is 17.2 Å². The number of ether oxygens (including phenoxy) is 3. The summed E-state index contributed by atoms with van der Waals surface area (Å²) in [6, 6.07) is 16.1. The van der Waals surface area contributed by atoms with Crippen LogP contribution in [0.2, 0.25) is 0 Å². The number of esters is 3. The van der Waals surface area contributed by atoms with E-state index in [4.69, 9.17) is 29.9 Å². The quantitative estimate of drug-likeness (QED) is 0.0571. The summed E-state index contributed by atoms with van der Waals surface area (Å²) >= 11 is 0. The number of carboxylic acids is 1. The van der Waals surface area contributed by atoms with Crippen LogP contribution >= 0.6 is 0 Å². The molecule has 15 nitrogen and oxygen atoms in total. The van der Waals surface area contributed by atoms with E-state index in [0.29, 0.717) is 0 Å². The van der Waals surface area contributed by atoms with Crippen molar-refractivity contribution in [1.29, 1.82) is 0 Å². The molecule has 0 radical (unpaired) electrons. The van der Waals surface area contributed by atoms with Crippen molar-refractivity contribution in [1.82, 2.24) is 0 Å². The van der Waals surface area contributed by atoms with Crippen LogP contribution in [0, 0.1) is 4.91 Å². The van der Waals surface area contributed by atoms with Crippen LogP contribution in [0.1, 0.15) is 41.4 Å². The Bertz CT molecular complexity index is 1680. The van der Waals surface area contributed by atoms with Crippen molar-refractivity contribution in [2.45, 2.75) is 6.16 Å². The predicted molar refractivity (Wildman–Crippen MR) is 145 cm³/mol. The second-order valence-corrected chi connectivity index (χ2v) is 8.74. The maximum Gasteiger partial charge on any atom is 0.674 e. The molecule has 224 valence electrons. The molecular formula is C29H21N2O13+. The first kappa shape index (κ1) is 30.3. The van der Waals surface area contributed by atoms with Crippen LogP contribution in [0.25, 0.3) is 0 Å². The summed E-state index contributed by atoms with van der Waals surface area (Å²) in [5.74, 6) is -7.12. The third kappa shape index (κ3) is 7.16. The van der Waals surface area contributed by atoms with Crippen molar-refractivity contribution in [3.63, 3.8) is 0 Å². The standard InChI is InChI=1S/C29H20N2O13/c30-20-8-1-17(2-9-20)26(37)41-29(42-27(38)18-5-12-22(32)13-6-18,43-28(39)19-7-14-23(33)24(34)15-19)44-31(40)21-10-3-16(4-11-21)25(35)36/h1-15H,(H5-,30,32,33,34,35,36,37,38,39)/p+1. The molecule has 0 aromatic heterocycles. The molecule has 0 spiro atoms. The number of phenolic OH excluding ortho intramolecular Hbond substituents is 3.